The molecule has 11 nitrogen and oxygen atoms in total. The molecule has 4 heterocycles. The van der Waals surface area contributed by atoms with Gasteiger partial charge in [-0.1, -0.05) is 25.7 Å². The van der Waals surface area contributed by atoms with Crippen molar-refractivity contribution in [3.05, 3.63) is 71.3 Å². The van der Waals surface area contributed by atoms with E-state index in [1.54, 1.807) is 13.8 Å². The number of unbranched alkanes of at least 4 members (excludes halogenated alkanes) is 2. The molecule has 2 aliphatic rings. The minimum Gasteiger partial charge on any atom is -0.478 e. The molecule has 4 rings (SSSR count). The number of aliphatic carboxylic acids is 1. The number of nitrogens with two attached hydrogens (primary N) is 1. The molecule has 0 atom stereocenters. The van der Waals surface area contributed by atoms with Gasteiger partial charge in [0.05, 0.1) is 0 Å². The molecule has 0 saturated carbocycles. The molecular formula is C38H52F4N6O5. The van der Waals surface area contributed by atoms with Crippen LogP contribution in [0, 0.1) is 35.6 Å². The number of hydrogen-bond acceptors (Lipinski definition) is 7. The molecule has 0 unspecified atom stereocenters. The lowest BCUT2D eigenvalue weighted by Gasteiger charge is -2.31. The number of carboxylic acid groups (broad SMARTS) is 1. The maximum atomic E-state index is 13.3. The van der Waals surface area contributed by atoms with Crippen LogP contribution in [0.4, 0.5) is 17.6 Å². The number of rotatable bonds is 13. The molecule has 2 aromatic rings. The van der Waals surface area contributed by atoms with Gasteiger partial charge >= 0.3 is 5.97 Å². The maximum Gasteiger partial charge on any atom is 0.328 e. The number of pyridine rings is 2. The number of aromatic nitrogens is 2. The molecule has 292 valence electrons. The van der Waals surface area contributed by atoms with E-state index in [4.69, 9.17) is 10.8 Å². The number of hydrogen-bond donors (Lipinski definition) is 3. The maximum absolute atomic E-state index is 13.3. The summed E-state index contributed by atoms with van der Waals surface area (Å²) in [7, 11) is 0. The van der Waals surface area contributed by atoms with Gasteiger partial charge in [-0.15, -0.1) is 0 Å². The molecule has 2 fully saturated rings. The smallest absolute Gasteiger partial charge is 0.328 e. The Morgan fingerprint density at radius 3 is 1.57 bits per heavy atom. The minimum absolute atomic E-state index is 0.0659. The van der Waals surface area contributed by atoms with Gasteiger partial charge in [0.15, 0.2) is 0 Å². The topological polar surface area (TPSA) is 159 Å². The lowest BCUT2D eigenvalue weighted by Crippen LogP contribution is -2.36. The summed E-state index contributed by atoms with van der Waals surface area (Å²) in [6, 6.07) is 4.34. The second-order valence-corrected chi connectivity index (χ2v) is 13.0. The van der Waals surface area contributed by atoms with Crippen molar-refractivity contribution in [3.8, 4) is 0 Å². The quantitative estimate of drug-likeness (QED) is 0.101. The zero-order chi connectivity index (χ0) is 39.2. The van der Waals surface area contributed by atoms with E-state index >= 15 is 0 Å². The number of amides is 3. The van der Waals surface area contributed by atoms with E-state index in [0.29, 0.717) is 12.5 Å². The van der Waals surface area contributed by atoms with Crippen molar-refractivity contribution in [1.82, 2.24) is 25.1 Å². The molecule has 0 aliphatic carbocycles. The number of nitrogens with zero attached hydrogens (tertiary/aromatic N) is 4. The molecule has 2 saturated heterocycles. The van der Waals surface area contributed by atoms with Crippen LogP contribution >= 0.6 is 0 Å². The van der Waals surface area contributed by atoms with Gasteiger partial charge in [0, 0.05) is 69.9 Å². The van der Waals surface area contributed by atoms with Crippen molar-refractivity contribution in [2.75, 3.05) is 39.3 Å². The highest BCUT2D eigenvalue weighted by molar-refractivity contribution is 5.91. The summed E-state index contributed by atoms with van der Waals surface area (Å²) >= 11 is 0. The zero-order valence-corrected chi connectivity index (χ0v) is 30.5. The monoisotopic (exact) mass is 748 g/mol. The van der Waals surface area contributed by atoms with Gasteiger partial charge in [-0.3, -0.25) is 14.4 Å². The molecule has 3 amide bonds. The van der Waals surface area contributed by atoms with E-state index in [1.165, 1.54) is 43.9 Å². The molecule has 2 aromatic heterocycles. The first-order valence-corrected chi connectivity index (χ1v) is 18.0. The first-order valence-electron chi connectivity index (χ1n) is 18.0. The normalized spacial score (nSPS) is 15.1. The van der Waals surface area contributed by atoms with Crippen molar-refractivity contribution in [2.45, 2.75) is 78.1 Å². The van der Waals surface area contributed by atoms with E-state index in [-0.39, 0.29) is 28.8 Å². The van der Waals surface area contributed by atoms with E-state index in [0.717, 1.165) is 108 Å². The lowest BCUT2D eigenvalue weighted by atomic mass is 9.91. The Kier molecular flexibility index (Phi) is 20.6. The Morgan fingerprint density at radius 1 is 0.736 bits per heavy atom. The number of carboxylic acids is 1. The summed E-state index contributed by atoms with van der Waals surface area (Å²) in [5, 5.41) is 11.0. The number of carbonyl (C=O) groups excluding carboxylic acids is 3. The highest BCUT2D eigenvalue weighted by Crippen LogP contribution is 2.23. The fourth-order valence-electron chi connectivity index (χ4n) is 5.90. The third kappa shape index (κ3) is 18.6. The summed E-state index contributed by atoms with van der Waals surface area (Å²) in [6.45, 7) is 8.25. The Bertz CT molecular complexity index is 1530. The molecule has 0 aromatic carbocycles. The summed E-state index contributed by atoms with van der Waals surface area (Å²) in [5.74, 6) is -3.47. The molecule has 0 spiro atoms. The molecule has 2 aliphatic heterocycles. The molecule has 15 heteroatoms. The average Bonchev–Trinajstić information content (AvgIpc) is 3.12. The van der Waals surface area contributed by atoms with Crippen molar-refractivity contribution in [3.63, 3.8) is 0 Å². The highest BCUT2D eigenvalue weighted by Gasteiger charge is 2.21. The van der Waals surface area contributed by atoms with Crippen LogP contribution in [0.1, 0.15) is 89.2 Å². The van der Waals surface area contributed by atoms with Crippen LogP contribution in [0.25, 0.3) is 12.2 Å². The number of carbonyl (C=O) groups is 4. The summed E-state index contributed by atoms with van der Waals surface area (Å²) in [5.41, 5.74) is 5.46. The third-order valence-electron chi connectivity index (χ3n) is 9.03. The van der Waals surface area contributed by atoms with Crippen LogP contribution in [0.15, 0.2) is 36.4 Å². The minimum atomic E-state index is -1.20. The number of halogens is 4. The summed E-state index contributed by atoms with van der Waals surface area (Å²) in [4.78, 5) is 53.9. The van der Waals surface area contributed by atoms with Crippen molar-refractivity contribution < 1.29 is 41.8 Å². The van der Waals surface area contributed by atoms with Gasteiger partial charge < -0.3 is 26.0 Å². The predicted molar refractivity (Wildman–Crippen MR) is 194 cm³/mol. The van der Waals surface area contributed by atoms with E-state index in [1.807, 2.05) is 9.80 Å². The lowest BCUT2D eigenvalue weighted by molar-refractivity contribution is -0.132. The van der Waals surface area contributed by atoms with Gasteiger partial charge in [-0.25, -0.2) is 4.79 Å². The van der Waals surface area contributed by atoms with Gasteiger partial charge in [0.2, 0.25) is 41.5 Å². The van der Waals surface area contributed by atoms with Crippen molar-refractivity contribution >= 4 is 35.8 Å². The van der Waals surface area contributed by atoms with E-state index in [2.05, 4.69) is 15.3 Å². The van der Waals surface area contributed by atoms with Gasteiger partial charge in [0.25, 0.3) is 0 Å². The fraction of sp³-hybridized carbons (Fsp3) is 0.526. The number of likely N-dealkylation sites (tertiary alicyclic amines) is 2. The van der Waals surface area contributed by atoms with Crippen molar-refractivity contribution in [1.29, 1.82) is 0 Å². The number of piperidine rings is 2. The molecule has 53 heavy (non-hydrogen) atoms. The standard InChI is InChI=1S/C19H25F2N3O2.C11H22N2O.C8H5F2NO2/c1-14(25)24-12-9-15(10-13-24)4-2-3-11-22-18(26)8-6-16-5-7-17(20)23-19(16)21;1-10(14)13-8-5-11(6-9-13)4-2-3-7-12;9-6-3-1-5(8(10)11-6)2-4-7(12)13/h5-8,15H,2-4,9-13H2,1H3,(H,22,26);11H,2-9,12H2,1H3;1-4H,(H,12,13)/b8-6+;;4-2+. The fourth-order valence-corrected chi connectivity index (χ4v) is 5.90. The third-order valence-corrected chi connectivity index (χ3v) is 9.03. The second-order valence-electron chi connectivity index (χ2n) is 13.0. The van der Waals surface area contributed by atoms with Crippen molar-refractivity contribution in [2.24, 2.45) is 17.6 Å². The first kappa shape index (κ1) is 44.5. The SMILES string of the molecule is CC(=O)N1CCC(CCCCN)CC1.CC(=O)N1CCC(CCCCNC(=O)/C=C/c2ccc(F)nc2F)CC1.O=C(O)/C=C/c1ccc(F)nc1F. The predicted octanol–water partition coefficient (Wildman–Crippen LogP) is 5.75. The highest BCUT2D eigenvalue weighted by atomic mass is 19.1. The number of nitrogens with one attached hydrogen (secondary N) is 1. The Morgan fingerprint density at radius 2 is 1.17 bits per heavy atom. The van der Waals surface area contributed by atoms with Crippen LogP contribution in [0.3, 0.4) is 0 Å². The van der Waals surface area contributed by atoms with Crippen LogP contribution in [-0.4, -0.2) is 87.8 Å². The second kappa shape index (κ2) is 24.6. The summed E-state index contributed by atoms with van der Waals surface area (Å²) < 4.78 is 51.0. The molecule has 4 N–H and O–H groups in total. The molecule has 0 bridgehead atoms. The Hall–Kier alpha value is -4.66. The van der Waals surface area contributed by atoms with Crippen LogP contribution in [0.5, 0.6) is 0 Å². The van der Waals surface area contributed by atoms with Gasteiger partial charge in [0.1, 0.15) is 0 Å². The van der Waals surface area contributed by atoms with Crippen LogP contribution in [0.2, 0.25) is 0 Å². The van der Waals surface area contributed by atoms with Gasteiger partial charge in [-0.2, -0.15) is 27.5 Å². The summed E-state index contributed by atoms with van der Waals surface area (Å²) in [6.07, 6.45) is 15.4. The molecular weight excluding hydrogens is 696 g/mol. The largest absolute Gasteiger partial charge is 0.478 e. The molecule has 0 radical (unpaired) electrons. The average molecular weight is 749 g/mol. The van der Waals surface area contributed by atoms with E-state index < -0.39 is 29.8 Å². The first-order chi connectivity index (χ1) is 25.3. The Balaban J connectivity index is 0.000000303. The van der Waals surface area contributed by atoms with Gasteiger partial charge in [-0.05, 0) is 93.3 Å². The Labute approximate surface area is 308 Å². The van der Waals surface area contributed by atoms with E-state index in [9.17, 15) is 36.7 Å². The van der Waals surface area contributed by atoms with Crippen LogP contribution in [-0.2, 0) is 19.2 Å². The van der Waals surface area contributed by atoms with Crippen LogP contribution < -0.4 is 11.1 Å². The zero-order valence-electron chi connectivity index (χ0n) is 30.5.